The molecule has 0 radical (unpaired) electrons. The summed E-state index contributed by atoms with van der Waals surface area (Å²) in [6.45, 7) is 0.807. The van der Waals surface area contributed by atoms with Gasteiger partial charge in [-0.1, -0.05) is 11.6 Å². The summed E-state index contributed by atoms with van der Waals surface area (Å²) in [5.41, 5.74) is 7.25. The van der Waals surface area contributed by atoms with Gasteiger partial charge in [0.25, 0.3) is 0 Å². The van der Waals surface area contributed by atoms with E-state index in [-0.39, 0.29) is 6.04 Å². The zero-order valence-corrected chi connectivity index (χ0v) is 9.27. The quantitative estimate of drug-likeness (QED) is 0.846. The lowest BCUT2D eigenvalue weighted by Gasteiger charge is -2.18. The highest BCUT2D eigenvalue weighted by atomic mass is 35.5. The Morgan fingerprint density at radius 1 is 1.50 bits per heavy atom. The Balaban J connectivity index is 2.14. The van der Waals surface area contributed by atoms with Gasteiger partial charge in [-0.15, -0.1) is 11.3 Å². The van der Waals surface area contributed by atoms with Crippen molar-refractivity contribution in [1.82, 2.24) is 0 Å². The van der Waals surface area contributed by atoms with Gasteiger partial charge in [-0.05, 0) is 30.5 Å². The van der Waals surface area contributed by atoms with E-state index in [1.807, 2.05) is 12.1 Å². The number of thiophene rings is 1. The highest BCUT2D eigenvalue weighted by molar-refractivity contribution is 7.16. The lowest BCUT2D eigenvalue weighted by Crippen LogP contribution is -2.15. The first-order chi connectivity index (χ1) is 6.77. The molecule has 0 bridgehead atoms. The number of rotatable bonds is 2. The SMILES string of the molecule is NC(C1=COCCC1)c1ccc(Cl)s1. The molecule has 1 aromatic heterocycles. The maximum atomic E-state index is 6.09. The van der Waals surface area contributed by atoms with E-state index in [9.17, 15) is 0 Å². The van der Waals surface area contributed by atoms with Gasteiger partial charge in [-0.3, -0.25) is 0 Å². The van der Waals surface area contributed by atoms with E-state index in [0.717, 1.165) is 34.2 Å². The molecule has 1 aromatic rings. The molecule has 1 atom stereocenters. The normalized spacial score (nSPS) is 18.6. The fourth-order valence-corrected chi connectivity index (χ4v) is 2.60. The average molecular weight is 230 g/mol. The van der Waals surface area contributed by atoms with Crippen LogP contribution < -0.4 is 5.73 Å². The molecule has 1 aliphatic heterocycles. The van der Waals surface area contributed by atoms with Crippen molar-refractivity contribution in [3.05, 3.63) is 33.2 Å². The maximum Gasteiger partial charge on any atom is 0.0931 e. The Morgan fingerprint density at radius 3 is 2.93 bits per heavy atom. The van der Waals surface area contributed by atoms with Gasteiger partial charge in [0.05, 0.1) is 23.2 Å². The molecule has 76 valence electrons. The summed E-state index contributed by atoms with van der Waals surface area (Å²) in [6, 6.07) is 3.81. The minimum atomic E-state index is -0.0483. The first-order valence-electron chi connectivity index (χ1n) is 4.59. The summed E-state index contributed by atoms with van der Waals surface area (Å²) in [4.78, 5) is 1.10. The highest BCUT2D eigenvalue weighted by Crippen LogP contribution is 2.32. The van der Waals surface area contributed by atoms with Crippen molar-refractivity contribution in [3.63, 3.8) is 0 Å². The lowest BCUT2D eigenvalue weighted by molar-refractivity contribution is 0.221. The Morgan fingerprint density at radius 2 is 2.36 bits per heavy atom. The highest BCUT2D eigenvalue weighted by Gasteiger charge is 2.16. The number of hydrogen-bond donors (Lipinski definition) is 1. The van der Waals surface area contributed by atoms with Gasteiger partial charge in [-0.2, -0.15) is 0 Å². The van der Waals surface area contributed by atoms with Crippen LogP contribution in [0.15, 0.2) is 24.0 Å². The molecule has 2 N–H and O–H groups in total. The van der Waals surface area contributed by atoms with Crippen molar-refractivity contribution < 1.29 is 4.74 Å². The van der Waals surface area contributed by atoms with E-state index >= 15 is 0 Å². The van der Waals surface area contributed by atoms with E-state index in [1.54, 1.807) is 6.26 Å². The van der Waals surface area contributed by atoms with E-state index in [0.29, 0.717) is 0 Å². The van der Waals surface area contributed by atoms with Crippen molar-refractivity contribution in [2.24, 2.45) is 5.73 Å². The van der Waals surface area contributed by atoms with Crippen LogP contribution in [0.1, 0.15) is 23.8 Å². The minimum Gasteiger partial charge on any atom is -0.501 e. The number of ether oxygens (including phenoxy) is 1. The molecule has 0 aliphatic carbocycles. The van der Waals surface area contributed by atoms with Crippen LogP contribution in [0, 0.1) is 0 Å². The molecule has 0 spiro atoms. The van der Waals surface area contributed by atoms with E-state index in [1.165, 1.54) is 11.3 Å². The number of halogens is 1. The molecule has 2 nitrogen and oxygen atoms in total. The Bertz CT molecular complexity index is 348. The summed E-state index contributed by atoms with van der Waals surface area (Å²) in [5, 5.41) is 0. The maximum absolute atomic E-state index is 6.09. The summed E-state index contributed by atoms with van der Waals surface area (Å²) < 4.78 is 6.05. The molecule has 0 aromatic carbocycles. The van der Waals surface area contributed by atoms with Gasteiger partial charge in [-0.25, -0.2) is 0 Å². The smallest absolute Gasteiger partial charge is 0.0931 e. The molecule has 1 aliphatic rings. The summed E-state index contributed by atoms with van der Waals surface area (Å²) in [6.07, 6.45) is 3.87. The third-order valence-electron chi connectivity index (χ3n) is 2.26. The van der Waals surface area contributed by atoms with Crippen LogP contribution in [-0.2, 0) is 4.74 Å². The van der Waals surface area contributed by atoms with E-state index < -0.39 is 0 Å². The second-order valence-electron chi connectivity index (χ2n) is 3.29. The van der Waals surface area contributed by atoms with Crippen LogP contribution >= 0.6 is 22.9 Å². The fourth-order valence-electron chi connectivity index (χ4n) is 1.49. The van der Waals surface area contributed by atoms with Crippen LogP contribution in [0.5, 0.6) is 0 Å². The van der Waals surface area contributed by atoms with Crippen LogP contribution in [0.2, 0.25) is 4.34 Å². The summed E-state index contributed by atoms with van der Waals surface area (Å²) in [5.74, 6) is 0. The van der Waals surface area contributed by atoms with E-state index in [2.05, 4.69) is 0 Å². The Hall–Kier alpha value is -0.510. The van der Waals surface area contributed by atoms with Gasteiger partial charge in [0.2, 0.25) is 0 Å². The molecule has 0 saturated carbocycles. The van der Waals surface area contributed by atoms with Crippen molar-refractivity contribution in [1.29, 1.82) is 0 Å². The number of hydrogen-bond acceptors (Lipinski definition) is 3. The molecule has 0 saturated heterocycles. The predicted molar refractivity (Wildman–Crippen MR) is 59.5 cm³/mol. The molecular formula is C10H12ClNOS. The standard InChI is InChI=1S/C10H12ClNOS/c11-9-4-3-8(14-9)10(12)7-2-1-5-13-6-7/h3-4,6,10H,1-2,5,12H2. The zero-order valence-electron chi connectivity index (χ0n) is 7.70. The van der Waals surface area contributed by atoms with Gasteiger partial charge in [0.15, 0.2) is 0 Å². The van der Waals surface area contributed by atoms with Gasteiger partial charge >= 0.3 is 0 Å². The monoisotopic (exact) mass is 229 g/mol. The molecular weight excluding hydrogens is 218 g/mol. The van der Waals surface area contributed by atoms with Crippen LogP contribution in [0.25, 0.3) is 0 Å². The predicted octanol–water partition coefficient (Wildman–Crippen LogP) is 3.10. The molecule has 4 heteroatoms. The third kappa shape index (κ3) is 2.11. The summed E-state index contributed by atoms with van der Waals surface area (Å²) in [7, 11) is 0. The molecule has 0 fully saturated rings. The second kappa shape index (κ2) is 4.34. The largest absolute Gasteiger partial charge is 0.501 e. The molecule has 0 amide bonds. The van der Waals surface area contributed by atoms with Crippen molar-refractivity contribution in [3.8, 4) is 0 Å². The van der Waals surface area contributed by atoms with Crippen LogP contribution in [-0.4, -0.2) is 6.61 Å². The van der Waals surface area contributed by atoms with Gasteiger partial charge in [0.1, 0.15) is 0 Å². The van der Waals surface area contributed by atoms with Gasteiger partial charge in [0, 0.05) is 4.88 Å². The van der Waals surface area contributed by atoms with Crippen molar-refractivity contribution >= 4 is 22.9 Å². The first kappa shape index (κ1) is 10.0. The second-order valence-corrected chi connectivity index (χ2v) is 5.03. The fraction of sp³-hybridized carbons (Fsp3) is 0.400. The molecule has 1 unspecified atom stereocenters. The topological polar surface area (TPSA) is 35.2 Å². The first-order valence-corrected chi connectivity index (χ1v) is 5.78. The average Bonchev–Trinajstić information content (AvgIpc) is 2.65. The van der Waals surface area contributed by atoms with E-state index in [4.69, 9.17) is 22.1 Å². The molecule has 2 rings (SSSR count). The zero-order chi connectivity index (χ0) is 9.97. The van der Waals surface area contributed by atoms with Crippen molar-refractivity contribution in [2.75, 3.05) is 6.61 Å². The molecule has 2 heterocycles. The number of nitrogens with two attached hydrogens (primary N) is 1. The van der Waals surface area contributed by atoms with Crippen molar-refractivity contribution in [2.45, 2.75) is 18.9 Å². The third-order valence-corrected chi connectivity index (χ3v) is 3.58. The Kier molecular flexibility index (Phi) is 3.11. The van der Waals surface area contributed by atoms with Crippen LogP contribution in [0.3, 0.4) is 0 Å². The molecule has 14 heavy (non-hydrogen) atoms. The summed E-state index contributed by atoms with van der Waals surface area (Å²) >= 11 is 7.39. The van der Waals surface area contributed by atoms with Gasteiger partial charge < -0.3 is 10.5 Å². The minimum absolute atomic E-state index is 0.0483. The lowest BCUT2D eigenvalue weighted by atomic mass is 10.0. The Labute approximate surface area is 92.3 Å². The van der Waals surface area contributed by atoms with Crippen LogP contribution in [0.4, 0.5) is 0 Å².